The number of nitrogens with one attached hydrogen (secondary N) is 1. The number of aromatic nitrogens is 2. The number of hydrogen-bond acceptors (Lipinski definition) is 3. The number of aryl methyl sites for hydroxylation is 1. The molecule has 1 N–H and O–H groups in total. The Hall–Kier alpha value is -2.42. The minimum atomic E-state index is -4.79. The van der Waals surface area contributed by atoms with Gasteiger partial charge in [-0.1, -0.05) is 11.6 Å². The van der Waals surface area contributed by atoms with Gasteiger partial charge >= 0.3 is 6.18 Å². The third kappa shape index (κ3) is 3.81. The lowest BCUT2D eigenvalue weighted by molar-refractivity contribution is -0.144. The summed E-state index contributed by atoms with van der Waals surface area (Å²) in [5, 5.41) is 5.77. The van der Waals surface area contributed by atoms with Gasteiger partial charge in [-0.25, -0.2) is 4.39 Å². The second-order valence-electron chi connectivity index (χ2n) is 5.04. The van der Waals surface area contributed by atoms with Crippen molar-refractivity contribution in [3.8, 4) is 11.3 Å². The van der Waals surface area contributed by atoms with Gasteiger partial charge in [0.15, 0.2) is 0 Å². The van der Waals surface area contributed by atoms with Crippen molar-refractivity contribution in [1.29, 1.82) is 0 Å². The Morgan fingerprint density at radius 1 is 1.32 bits per heavy atom. The number of hydrogen-bond donors (Lipinski definition) is 1. The average Bonchev–Trinajstić information content (AvgIpc) is 2.48. The van der Waals surface area contributed by atoms with Crippen LogP contribution < -0.4 is 10.7 Å². The van der Waals surface area contributed by atoms with E-state index in [1.165, 1.54) is 0 Å². The fourth-order valence-corrected chi connectivity index (χ4v) is 2.39. The Labute approximate surface area is 144 Å². The standard InChI is InChI=1S/C15H12ClF4N3O2/c1-3-21-14(25)7-4-8(10(17)5-9(7)16)13-11(24)6-12(15(18,19)20)23(2)22-13/h4-6H,3H2,1-2H3,(H,21,25). The highest BCUT2D eigenvalue weighted by Gasteiger charge is 2.34. The Bertz CT molecular complexity index is 894. The number of carbonyl (C=O) groups excluding carboxylic acids is 1. The Balaban J connectivity index is 2.67. The van der Waals surface area contributed by atoms with Crippen LogP contribution in [0.1, 0.15) is 23.0 Å². The number of nitrogens with zero attached hydrogens (tertiary/aromatic N) is 2. The molecule has 5 nitrogen and oxygen atoms in total. The molecule has 0 aliphatic rings. The van der Waals surface area contributed by atoms with Crippen LogP contribution in [0, 0.1) is 5.82 Å². The first-order valence-corrected chi connectivity index (χ1v) is 7.37. The van der Waals surface area contributed by atoms with Crippen molar-refractivity contribution in [2.45, 2.75) is 13.1 Å². The van der Waals surface area contributed by atoms with E-state index < -0.39 is 40.3 Å². The molecule has 134 valence electrons. The Morgan fingerprint density at radius 3 is 2.52 bits per heavy atom. The van der Waals surface area contributed by atoms with Gasteiger partial charge in [-0.3, -0.25) is 14.3 Å². The molecule has 1 aromatic carbocycles. The first-order chi connectivity index (χ1) is 11.6. The minimum Gasteiger partial charge on any atom is -0.352 e. The van der Waals surface area contributed by atoms with E-state index in [0.717, 1.165) is 19.2 Å². The second kappa shape index (κ2) is 6.83. The number of rotatable bonds is 3. The lowest BCUT2D eigenvalue weighted by atomic mass is 10.1. The number of carbonyl (C=O) groups is 1. The quantitative estimate of drug-likeness (QED) is 0.836. The van der Waals surface area contributed by atoms with E-state index in [2.05, 4.69) is 10.4 Å². The maximum absolute atomic E-state index is 14.2. The summed E-state index contributed by atoms with van der Waals surface area (Å²) in [6.45, 7) is 1.94. The summed E-state index contributed by atoms with van der Waals surface area (Å²) < 4.78 is 53.0. The lowest BCUT2D eigenvalue weighted by Gasteiger charge is -2.13. The number of benzene rings is 1. The molecule has 10 heteroatoms. The van der Waals surface area contributed by atoms with E-state index in [4.69, 9.17) is 11.6 Å². The van der Waals surface area contributed by atoms with Gasteiger partial charge in [-0.05, 0) is 19.1 Å². The van der Waals surface area contributed by atoms with Crippen LogP contribution >= 0.6 is 11.6 Å². The fraction of sp³-hybridized carbons (Fsp3) is 0.267. The van der Waals surface area contributed by atoms with Crippen molar-refractivity contribution in [1.82, 2.24) is 15.1 Å². The number of halogens is 5. The van der Waals surface area contributed by atoms with Gasteiger partial charge in [-0.2, -0.15) is 18.3 Å². The molecule has 0 unspecified atom stereocenters. The van der Waals surface area contributed by atoms with Gasteiger partial charge in [0.2, 0.25) is 5.43 Å². The van der Waals surface area contributed by atoms with Gasteiger partial charge in [0.25, 0.3) is 5.91 Å². The van der Waals surface area contributed by atoms with Gasteiger partial charge in [0.1, 0.15) is 17.2 Å². The van der Waals surface area contributed by atoms with Crippen molar-refractivity contribution < 1.29 is 22.4 Å². The fourth-order valence-electron chi connectivity index (χ4n) is 2.15. The molecule has 2 aromatic rings. The third-order valence-corrected chi connectivity index (χ3v) is 3.60. The molecule has 1 amide bonds. The van der Waals surface area contributed by atoms with Crippen LogP contribution in [-0.4, -0.2) is 22.2 Å². The molecule has 0 bridgehead atoms. The van der Waals surface area contributed by atoms with Gasteiger partial charge in [0.05, 0.1) is 10.6 Å². The van der Waals surface area contributed by atoms with Crippen molar-refractivity contribution >= 4 is 17.5 Å². The summed E-state index contributed by atoms with van der Waals surface area (Å²) in [5.41, 5.74) is -3.51. The highest BCUT2D eigenvalue weighted by atomic mass is 35.5. The van der Waals surface area contributed by atoms with Gasteiger partial charge in [0, 0.05) is 25.2 Å². The summed E-state index contributed by atoms with van der Waals surface area (Å²) >= 11 is 5.82. The zero-order valence-electron chi connectivity index (χ0n) is 13.0. The highest BCUT2D eigenvalue weighted by Crippen LogP contribution is 2.29. The van der Waals surface area contributed by atoms with E-state index in [1.807, 2.05) is 0 Å². The molecule has 0 fully saturated rings. The smallest absolute Gasteiger partial charge is 0.352 e. The third-order valence-electron chi connectivity index (χ3n) is 3.28. The lowest BCUT2D eigenvalue weighted by Crippen LogP contribution is -2.24. The first kappa shape index (κ1) is 18.9. The molecular formula is C15H12ClF4N3O2. The highest BCUT2D eigenvalue weighted by molar-refractivity contribution is 6.34. The van der Waals surface area contributed by atoms with E-state index >= 15 is 0 Å². The van der Waals surface area contributed by atoms with E-state index in [1.54, 1.807) is 6.92 Å². The van der Waals surface area contributed by atoms with Crippen molar-refractivity contribution in [3.05, 3.63) is 50.5 Å². The molecule has 0 aliphatic heterocycles. The van der Waals surface area contributed by atoms with Gasteiger partial charge < -0.3 is 5.32 Å². The van der Waals surface area contributed by atoms with Crippen LogP contribution in [0.25, 0.3) is 11.3 Å². The SMILES string of the molecule is CCNC(=O)c1cc(-c2nn(C)c(C(F)(F)F)cc2=O)c(F)cc1Cl. The molecular weight excluding hydrogens is 366 g/mol. The largest absolute Gasteiger partial charge is 0.433 e. The summed E-state index contributed by atoms with van der Waals surface area (Å²) in [4.78, 5) is 23.9. The molecule has 25 heavy (non-hydrogen) atoms. The summed E-state index contributed by atoms with van der Waals surface area (Å²) in [6, 6.07) is 2.11. The average molecular weight is 378 g/mol. The Kier molecular flexibility index (Phi) is 5.17. The molecule has 0 radical (unpaired) electrons. The second-order valence-corrected chi connectivity index (χ2v) is 5.44. The zero-order valence-corrected chi connectivity index (χ0v) is 13.8. The maximum Gasteiger partial charge on any atom is 0.433 e. The van der Waals surface area contributed by atoms with E-state index in [-0.39, 0.29) is 17.1 Å². The summed E-state index contributed by atoms with van der Waals surface area (Å²) in [5.74, 6) is -1.60. The topological polar surface area (TPSA) is 64.0 Å². The first-order valence-electron chi connectivity index (χ1n) is 6.99. The van der Waals surface area contributed by atoms with E-state index in [0.29, 0.717) is 10.7 Å². The minimum absolute atomic E-state index is 0.122. The van der Waals surface area contributed by atoms with Crippen LogP contribution in [-0.2, 0) is 13.2 Å². The Morgan fingerprint density at radius 2 is 1.96 bits per heavy atom. The molecule has 1 heterocycles. The normalized spacial score (nSPS) is 11.5. The molecule has 1 aromatic heterocycles. The molecule has 0 saturated carbocycles. The van der Waals surface area contributed by atoms with Crippen molar-refractivity contribution in [2.24, 2.45) is 7.05 Å². The molecule has 0 spiro atoms. The molecule has 0 saturated heterocycles. The maximum atomic E-state index is 14.2. The number of alkyl halides is 3. The van der Waals surface area contributed by atoms with Crippen LogP contribution in [0.2, 0.25) is 5.02 Å². The van der Waals surface area contributed by atoms with Crippen molar-refractivity contribution in [3.63, 3.8) is 0 Å². The predicted molar refractivity (Wildman–Crippen MR) is 82.9 cm³/mol. The van der Waals surface area contributed by atoms with Gasteiger partial charge in [-0.15, -0.1) is 0 Å². The zero-order chi connectivity index (χ0) is 18.9. The summed E-state index contributed by atoms with van der Waals surface area (Å²) in [6.07, 6.45) is -4.79. The molecule has 2 rings (SSSR count). The van der Waals surface area contributed by atoms with Crippen LogP contribution in [0.15, 0.2) is 23.0 Å². The van der Waals surface area contributed by atoms with Crippen LogP contribution in [0.4, 0.5) is 17.6 Å². The monoisotopic (exact) mass is 377 g/mol. The predicted octanol–water partition coefficient (Wildman–Crippen LogP) is 3.01. The molecule has 0 aliphatic carbocycles. The van der Waals surface area contributed by atoms with E-state index in [9.17, 15) is 27.2 Å². The van der Waals surface area contributed by atoms with Crippen LogP contribution in [0.3, 0.4) is 0 Å². The number of amides is 1. The summed E-state index contributed by atoms with van der Waals surface area (Å²) in [7, 11) is 0.976. The van der Waals surface area contributed by atoms with Crippen LogP contribution in [0.5, 0.6) is 0 Å². The molecule has 0 atom stereocenters. The van der Waals surface area contributed by atoms with Crippen molar-refractivity contribution in [2.75, 3.05) is 6.54 Å².